The van der Waals surface area contributed by atoms with Gasteiger partial charge >= 0.3 is 0 Å². The highest BCUT2D eigenvalue weighted by atomic mass is 16.5. The number of nitrogens with zero attached hydrogens (tertiary/aromatic N) is 3. The molecule has 178 valence electrons. The number of aliphatic hydroxyl groups is 1. The second-order valence-electron chi connectivity index (χ2n) is 8.88. The minimum Gasteiger partial charge on any atom is -0.507 e. The van der Waals surface area contributed by atoms with E-state index < -0.39 is 17.7 Å². The highest BCUT2D eigenvalue weighted by molar-refractivity contribution is 6.46. The van der Waals surface area contributed by atoms with Crippen molar-refractivity contribution in [2.45, 2.75) is 19.4 Å². The van der Waals surface area contributed by atoms with Gasteiger partial charge in [-0.1, -0.05) is 37.3 Å². The molecule has 2 heterocycles. The Kier molecular flexibility index (Phi) is 6.75. The van der Waals surface area contributed by atoms with Crippen molar-refractivity contribution in [1.82, 2.24) is 14.4 Å². The van der Waals surface area contributed by atoms with Crippen molar-refractivity contribution in [2.75, 3.05) is 33.8 Å². The standard InChI is InChI=1S/C27H31N3O4/c1-5-15-34-19-10-8-9-18(16-19)25(31)23-24(30(14-13-28(2)3)27(33)26(23)32)21-17-29(4)22-12-7-6-11-20(21)22/h6-12,16-17,24,31H,5,13-15H2,1-4H3/b25-23+. The fraction of sp³-hybridized carbons (Fsp3) is 0.333. The first-order chi connectivity index (χ1) is 16.3. The van der Waals surface area contributed by atoms with E-state index in [4.69, 9.17) is 4.74 Å². The van der Waals surface area contributed by atoms with E-state index in [9.17, 15) is 14.7 Å². The molecule has 1 unspecified atom stereocenters. The minimum absolute atomic E-state index is 0.104. The van der Waals surface area contributed by atoms with Crippen molar-refractivity contribution < 1.29 is 19.4 Å². The number of ketones is 1. The third-order valence-electron chi connectivity index (χ3n) is 6.13. The molecule has 0 bridgehead atoms. The summed E-state index contributed by atoms with van der Waals surface area (Å²) in [5, 5.41) is 12.3. The highest BCUT2D eigenvalue weighted by Crippen LogP contribution is 2.42. The number of likely N-dealkylation sites (tertiary alicyclic amines) is 1. The summed E-state index contributed by atoms with van der Waals surface area (Å²) in [6.07, 6.45) is 2.80. The quantitative estimate of drug-likeness (QED) is 0.312. The first-order valence-electron chi connectivity index (χ1n) is 11.5. The Morgan fingerprint density at radius 2 is 1.88 bits per heavy atom. The van der Waals surface area contributed by atoms with Crippen LogP contribution in [0.2, 0.25) is 0 Å². The van der Waals surface area contributed by atoms with Gasteiger partial charge in [0.1, 0.15) is 11.5 Å². The molecule has 1 fully saturated rings. The SMILES string of the molecule is CCCOc1cccc(/C(O)=C2\C(=O)C(=O)N(CCN(C)C)C2c2cn(C)c3ccccc23)c1. The first kappa shape index (κ1) is 23.6. The van der Waals surface area contributed by atoms with Crippen molar-refractivity contribution in [2.24, 2.45) is 7.05 Å². The molecule has 3 aromatic rings. The summed E-state index contributed by atoms with van der Waals surface area (Å²) in [5.41, 5.74) is 2.36. The molecule has 1 amide bonds. The topological polar surface area (TPSA) is 75.0 Å². The van der Waals surface area contributed by atoms with Crippen LogP contribution in [-0.4, -0.2) is 65.0 Å². The number of hydrogen-bond donors (Lipinski definition) is 1. The third-order valence-corrected chi connectivity index (χ3v) is 6.13. The van der Waals surface area contributed by atoms with E-state index in [1.807, 2.05) is 74.1 Å². The molecular weight excluding hydrogens is 430 g/mol. The van der Waals surface area contributed by atoms with Crippen molar-refractivity contribution in [1.29, 1.82) is 0 Å². The predicted molar refractivity (Wildman–Crippen MR) is 133 cm³/mol. The van der Waals surface area contributed by atoms with Crippen LogP contribution in [0.1, 0.15) is 30.5 Å². The van der Waals surface area contributed by atoms with E-state index in [1.165, 1.54) is 0 Å². The highest BCUT2D eigenvalue weighted by Gasteiger charge is 2.46. The van der Waals surface area contributed by atoms with E-state index in [0.717, 1.165) is 22.9 Å². The number of likely N-dealkylation sites (N-methyl/N-ethyl adjacent to an activating group) is 1. The normalized spacial score (nSPS) is 17.8. The molecule has 0 spiro atoms. The lowest BCUT2D eigenvalue weighted by Gasteiger charge is -2.26. The minimum atomic E-state index is -0.689. The number of carbonyl (C=O) groups is 2. The molecule has 1 atom stereocenters. The van der Waals surface area contributed by atoms with Gasteiger partial charge in [0, 0.05) is 48.4 Å². The fourth-order valence-electron chi connectivity index (χ4n) is 4.44. The lowest BCUT2D eigenvalue weighted by Crippen LogP contribution is -2.35. The van der Waals surface area contributed by atoms with E-state index >= 15 is 0 Å². The Morgan fingerprint density at radius 3 is 2.62 bits per heavy atom. The zero-order valence-electron chi connectivity index (χ0n) is 20.1. The second kappa shape index (κ2) is 9.73. The molecule has 4 rings (SSSR count). The van der Waals surface area contributed by atoms with Crippen LogP contribution >= 0.6 is 0 Å². The second-order valence-corrected chi connectivity index (χ2v) is 8.88. The number of fused-ring (bicyclic) bond motifs is 1. The first-order valence-corrected chi connectivity index (χ1v) is 11.5. The van der Waals surface area contributed by atoms with Crippen LogP contribution in [0.25, 0.3) is 16.7 Å². The molecule has 1 saturated heterocycles. The van der Waals surface area contributed by atoms with E-state index in [-0.39, 0.29) is 11.3 Å². The summed E-state index contributed by atoms with van der Waals surface area (Å²) in [4.78, 5) is 30.0. The summed E-state index contributed by atoms with van der Waals surface area (Å²) in [6, 6.07) is 14.2. The molecule has 0 saturated carbocycles. The molecule has 1 aromatic heterocycles. The number of aromatic nitrogens is 1. The number of ether oxygens (including phenoxy) is 1. The number of aliphatic hydroxyl groups excluding tert-OH is 1. The number of Topliss-reactive ketones (excluding diaryl/α,β-unsaturated/α-hetero) is 1. The maximum atomic E-state index is 13.3. The van der Waals surface area contributed by atoms with Gasteiger partial charge in [-0.25, -0.2) is 0 Å². The van der Waals surface area contributed by atoms with Crippen LogP contribution in [0.5, 0.6) is 5.75 Å². The average molecular weight is 462 g/mol. The van der Waals surface area contributed by atoms with E-state index in [2.05, 4.69) is 0 Å². The van der Waals surface area contributed by atoms with Gasteiger partial charge in [-0.3, -0.25) is 9.59 Å². The van der Waals surface area contributed by atoms with Gasteiger partial charge in [0.05, 0.1) is 18.2 Å². The van der Waals surface area contributed by atoms with Crippen LogP contribution in [-0.2, 0) is 16.6 Å². The number of aryl methyl sites for hydroxylation is 1. The lowest BCUT2D eigenvalue weighted by molar-refractivity contribution is -0.140. The molecule has 1 aliphatic heterocycles. The van der Waals surface area contributed by atoms with E-state index in [1.54, 1.807) is 23.1 Å². The largest absolute Gasteiger partial charge is 0.507 e. The van der Waals surface area contributed by atoms with Crippen molar-refractivity contribution in [3.63, 3.8) is 0 Å². The van der Waals surface area contributed by atoms with E-state index in [0.29, 0.717) is 31.0 Å². The lowest BCUT2D eigenvalue weighted by atomic mass is 9.95. The van der Waals surface area contributed by atoms with Gasteiger partial charge in [-0.15, -0.1) is 0 Å². The van der Waals surface area contributed by atoms with Gasteiger partial charge in [0.15, 0.2) is 0 Å². The van der Waals surface area contributed by atoms with Crippen molar-refractivity contribution in [3.8, 4) is 5.75 Å². The Labute approximate surface area is 199 Å². The molecule has 0 aliphatic carbocycles. The summed E-state index contributed by atoms with van der Waals surface area (Å²) in [5.74, 6) is -0.853. The number of hydrogen-bond acceptors (Lipinski definition) is 5. The third kappa shape index (κ3) is 4.31. The zero-order chi connectivity index (χ0) is 24.4. The van der Waals surface area contributed by atoms with Crippen LogP contribution in [0.4, 0.5) is 0 Å². The maximum Gasteiger partial charge on any atom is 0.295 e. The fourth-order valence-corrected chi connectivity index (χ4v) is 4.44. The van der Waals surface area contributed by atoms with Crippen LogP contribution < -0.4 is 4.74 Å². The summed E-state index contributed by atoms with van der Waals surface area (Å²) in [6.45, 7) is 3.52. The Morgan fingerprint density at radius 1 is 1.12 bits per heavy atom. The molecule has 1 aliphatic rings. The number of para-hydroxylation sites is 1. The van der Waals surface area contributed by atoms with Crippen molar-refractivity contribution in [3.05, 3.63) is 71.4 Å². The zero-order valence-corrected chi connectivity index (χ0v) is 20.1. The molecule has 34 heavy (non-hydrogen) atoms. The maximum absolute atomic E-state index is 13.3. The Bertz CT molecular complexity index is 1260. The van der Waals surface area contributed by atoms with Crippen molar-refractivity contribution >= 4 is 28.4 Å². The summed E-state index contributed by atoms with van der Waals surface area (Å²) in [7, 11) is 5.78. The molecule has 2 aromatic carbocycles. The number of rotatable bonds is 8. The monoisotopic (exact) mass is 461 g/mol. The summed E-state index contributed by atoms with van der Waals surface area (Å²) >= 11 is 0. The van der Waals surface area contributed by atoms with Crippen LogP contribution in [0.15, 0.2) is 60.3 Å². The average Bonchev–Trinajstić information content (AvgIpc) is 3.29. The molecular formula is C27H31N3O4. The van der Waals surface area contributed by atoms with Gasteiger partial charge in [-0.2, -0.15) is 0 Å². The van der Waals surface area contributed by atoms with Gasteiger partial charge in [-0.05, 0) is 38.7 Å². The van der Waals surface area contributed by atoms with Crippen LogP contribution in [0, 0.1) is 0 Å². The predicted octanol–water partition coefficient (Wildman–Crippen LogP) is 3.95. The van der Waals surface area contributed by atoms with Gasteiger partial charge < -0.3 is 24.2 Å². The van der Waals surface area contributed by atoms with Crippen LogP contribution in [0.3, 0.4) is 0 Å². The smallest absolute Gasteiger partial charge is 0.295 e. The number of carbonyl (C=O) groups excluding carboxylic acids is 2. The van der Waals surface area contributed by atoms with Gasteiger partial charge in [0.25, 0.3) is 11.7 Å². The Balaban J connectivity index is 1.89. The summed E-state index contributed by atoms with van der Waals surface area (Å²) < 4.78 is 7.69. The molecule has 7 nitrogen and oxygen atoms in total. The molecule has 1 N–H and O–H groups in total. The molecule has 0 radical (unpaired) electrons. The molecule has 7 heteroatoms. The Hall–Kier alpha value is -3.58. The number of benzene rings is 2. The van der Waals surface area contributed by atoms with Gasteiger partial charge in [0.2, 0.25) is 0 Å². The number of amides is 1.